The van der Waals surface area contributed by atoms with Gasteiger partial charge in [-0.1, -0.05) is 42.5 Å². The lowest BCUT2D eigenvalue weighted by atomic mass is 10.2. The highest BCUT2D eigenvalue weighted by Crippen LogP contribution is 2.14. The SMILES string of the molecule is CN(Cc1cccc(F)c1)C(=O)c1cnc(-c2ccccc2)nc1. The molecule has 0 aliphatic heterocycles. The van der Waals surface area contributed by atoms with Gasteiger partial charge in [0.25, 0.3) is 5.91 Å². The summed E-state index contributed by atoms with van der Waals surface area (Å²) in [6.07, 6.45) is 3.03. The monoisotopic (exact) mass is 321 g/mol. The second-order valence-corrected chi connectivity index (χ2v) is 5.45. The van der Waals surface area contributed by atoms with Crippen LogP contribution in [0.3, 0.4) is 0 Å². The minimum atomic E-state index is -0.316. The number of benzene rings is 2. The lowest BCUT2D eigenvalue weighted by molar-refractivity contribution is 0.0784. The molecule has 3 rings (SSSR count). The molecule has 0 bridgehead atoms. The van der Waals surface area contributed by atoms with Crippen molar-refractivity contribution < 1.29 is 9.18 Å². The predicted molar refractivity (Wildman–Crippen MR) is 89.7 cm³/mol. The molecule has 1 aromatic heterocycles. The van der Waals surface area contributed by atoms with Gasteiger partial charge in [-0.3, -0.25) is 4.79 Å². The molecular formula is C19H16FN3O. The van der Waals surface area contributed by atoms with Crippen LogP contribution < -0.4 is 0 Å². The largest absolute Gasteiger partial charge is 0.337 e. The molecular weight excluding hydrogens is 305 g/mol. The summed E-state index contributed by atoms with van der Waals surface area (Å²) in [4.78, 5) is 22.5. The first-order valence-corrected chi connectivity index (χ1v) is 7.51. The summed E-state index contributed by atoms with van der Waals surface area (Å²) in [6, 6.07) is 15.8. The Morgan fingerprint density at radius 3 is 2.42 bits per heavy atom. The maximum atomic E-state index is 13.2. The summed E-state index contributed by atoms with van der Waals surface area (Å²) in [5.74, 6) is 0.0442. The smallest absolute Gasteiger partial charge is 0.257 e. The fraction of sp³-hybridized carbons (Fsp3) is 0.105. The molecule has 0 radical (unpaired) electrons. The first-order chi connectivity index (χ1) is 11.6. The van der Waals surface area contributed by atoms with Gasteiger partial charge in [0.2, 0.25) is 0 Å². The Hall–Kier alpha value is -3.08. The van der Waals surface area contributed by atoms with Crippen molar-refractivity contribution in [1.29, 1.82) is 0 Å². The molecule has 0 fully saturated rings. The summed E-state index contributed by atoms with van der Waals surface area (Å²) in [7, 11) is 1.67. The average Bonchev–Trinajstić information content (AvgIpc) is 2.62. The van der Waals surface area contributed by atoms with Crippen molar-refractivity contribution in [3.05, 3.63) is 83.9 Å². The minimum Gasteiger partial charge on any atom is -0.337 e. The normalized spacial score (nSPS) is 10.4. The number of rotatable bonds is 4. The molecule has 120 valence electrons. The lowest BCUT2D eigenvalue weighted by Crippen LogP contribution is -2.26. The molecule has 1 amide bonds. The number of hydrogen-bond donors (Lipinski definition) is 0. The Balaban J connectivity index is 1.72. The van der Waals surface area contributed by atoms with E-state index in [4.69, 9.17) is 0 Å². The number of aromatic nitrogens is 2. The van der Waals surface area contributed by atoms with Crippen molar-refractivity contribution >= 4 is 5.91 Å². The van der Waals surface area contributed by atoms with Crippen LogP contribution in [0.1, 0.15) is 15.9 Å². The molecule has 0 spiro atoms. The van der Waals surface area contributed by atoms with E-state index in [9.17, 15) is 9.18 Å². The van der Waals surface area contributed by atoms with E-state index in [0.29, 0.717) is 17.9 Å². The van der Waals surface area contributed by atoms with Crippen LogP contribution in [0.25, 0.3) is 11.4 Å². The Bertz CT molecular complexity index is 835. The summed E-state index contributed by atoms with van der Waals surface area (Å²) >= 11 is 0. The number of halogens is 1. The zero-order chi connectivity index (χ0) is 16.9. The van der Waals surface area contributed by atoms with Gasteiger partial charge in [0, 0.05) is 31.5 Å². The lowest BCUT2D eigenvalue weighted by Gasteiger charge is -2.17. The molecule has 0 unspecified atom stereocenters. The van der Waals surface area contributed by atoms with Gasteiger partial charge in [-0.2, -0.15) is 0 Å². The van der Waals surface area contributed by atoms with E-state index in [1.54, 1.807) is 19.2 Å². The van der Waals surface area contributed by atoms with Crippen LogP contribution in [0.5, 0.6) is 0 Å². The van der Waals surface area contributed by atoms with Crippen LogP contribution in [0, 0.1) is 5.82 Å². The van der Waals surface area contributed by atoms with E-state index in [1.165, 1.54) is 29.4 Å². The highest BCUT2D eigenvalue weighted by atomic mass is 19.1. The van der Waals surface area contributed by atoms with E-state index in [1.807, 2.05) is 30.3 Å². The Morgan fingerprint density at radius 1 is 1.04 bits per heavy atom. The molecule has 0 N–H and O–H groups in total. The van der Waals surface area contributed by atoms with Crippen LogP contribution in [0.4, 0.5) is 4.39 Å². The van der Waals surface area contributed by atoms with Gasteiger partial charge in [0.1, 0.15) is 5.82 Å². The predicted octanol–water partition coefficient (Wildman–Crippen LogP) is 3.55. The number of hydrogen-bond acceptors (Lipinski definition) is 3. The molecule has 4 nitrogen and oxygen atoms in total. The van der Waals surface area contributed by atoms with E-state index >= 15 is 0 Å². The standard InChI is InChI=1S/C19H16FN3O/c1-23(13-14-6-5-9-17(20)10-14)19(24)16-11-21-18(22-12-16)15-7-3-2-4-8-15/h2-12H,13H2,1H3. The van der Waals surface area contributed by atoms with Crippen LogP contribution in [0.2, 0.25) is 0 Å². The molecule has 0 atom stereocenters. The Morgan fingerprint density at radius 2 is 1.75 bits per heavy atom. The average molecular weight is 321 g/mol. The molecule has 2 aromatic carbocycles. The van der Waals surface area contributed by atoms with Crippen LogP contribution in [-0.4, -0.2) is 27.8 Å². The second-order valence-electron chi connectivity index (χ2n) is 5.45. The number of carbonyl (C=O) groups is 1. The van der Waals surface area contributed by atoms with E-state index in [-0.39, 0.29) is 11.7 Å². The molecule has 0 aliphatic rings. The van der Waals surface area contributed by atoms with E-state index in [2.05, 4.69) is 9.97 Å². The second kappa shape index (κ2) is 7.00. The number of amides is 1. The fourth-order valence-corrected chi connectivity index (χ4v) is 2.38. The third kappa shape index (κ3) is 3.63. The zero-order valence-electron chi connectivity index (χ0n) is 13.2. The van der Waals surface area contributed by atoms with E-state index in [0.717, 1.165) is 11.1 Å². The van der Waals surface area contributed by atoms with Crippen molar-refractivity contribution in [2.45, 2.75) is 6.54 Å². The van der Waals surface area contributed by atoms with Gasteiger partial charge in [-0.05, 0) is 17.7 Å². The van der Waals surface area contributed by atoms with Crippen molar-refractivity contribution in [2.75, 3.05) is 7.05 Å². The Kier molecular flexibility index (Phi) is 4.61. The quantitative estimate of drug-likeness (QED) is 0.738. The number of nitrogens with zero attached hydrogens (tertiary/aromatic N) is 3. The van der Waals surface area contributed by atoms with E-state index < -0.39 is 0 Å². The third-order valence-corrected chi connectivity index (χ3v) is 3.59. The van der Waals surface area contributed by atoms with Crippen LogP contribution in [0.15, 0.2) is 67.0 Å². The van der Waals surface area contributed by atoms with Gasteiger partial charge in [-0.25, -0.2) is 14.4 Å². The van der Waals surface area contributed by atoms with Gasteiger partial charge < -0.3 is 4.90 Å². The fourth-order valence-electron chi connectivity index (χ4n) is 2.38. The van der Waals surface area contributed by atoms with Gasteiger partial charge in [0.15, 0.2) is 5.82 Å². The summed E-state index contributed by atoms with van der Waals surface area (Å²) in [5, 5.41) is 0. The van der Waals surface area contributed by atoms with Crippen molar-refractivity contribution in [2.24, 2.45) is 0 Å². The topological polar surface area (TPSA) is 46.1 Å². The van der Waals surface area contributed by atoms with Gasteiger partial charge in [0.05, 0.1) is 5.56 Å². The van der Waals surface area contributed by atoms with Gasteiger partial charge >= 0.3 is 0 Å². The van der Waals surface area contributed by atoms with Crippen molar-refractivity contribution in [3.8, 4) is 11.4 Å². The maximum absolute atomic E-state index is 13.2. The summed E-state index contributed by atoms with van der Waals surface area (Å²) < 4.78 is 13.2. The number of carbonyl (C=O) groups excluding carboxylic acids is 1. The highest BCUT2D eigenvalue weighted by molar-refractivity contribution is 5.93. The molecule has 1 heterocycles. The molecule has 24 heavy (non-hydrogen) atoms. The molecule has 0 saturated heterocycles. The zero-order valence-corrected chi connectivity index (χ0v) is 13.2. The minimum absolute atomic E-state index is 0.209. The third-order valence-electron chi connectivity index (χ3n) is 3.59. The van der Waals surface area contributed by atoms with Crippen LogP contribution >= 0.6 is 0 Å². The first-order valence-electron chi connectivity index (χ1n) is 7.51. The molecule has 0 aliphatic carbocycles. The first kappa shape index (κ1) is 15.8. The Labute approximate surface area is 139 Å². The maximum Gasteiger partial charge on any atom is 0.257 e. The molecule has 0 saturated carbocycles. The van der Waals surface area contributed by atoms with Gasteiger partial charge in [-0.15, -0.1) is 0 Å². The highest BCUT2D eigenvalue weighted by Gasteiger charge is 2.13. The summed E-state index contributed by atoms with van der Waals surface area (Å²) in [6.45, 7) is 0.316. The van der Waals surface area contributed by atoms with Crippen molar-refractivity contribution in [1.82, 2.24) is 14.9 Å². The molecule has 5 heteroatoms. The molecule has 3 aromatic rings. The van der Waals surface area contributed by atoms with Crippen LogP contribution in [-0.2, 0) is 6.54 Å². The summed E-state index contributed by atoms with van der Waals surface area (Å²) in [5.41, 5.74) is 2.02. The van der Waals surface area contributed by atoms with Crippen molar-refractivity contribution in [3.63, 3.8) is 0 Å².